The highest BCUT2D eigenvalue weighted by molar-refractivity contribution is 5.94. The average Bonchev–Trinajstić information content (AvgIpc) is 3.31. The molecule has 7 heteroatoms. The van der Waals surface area contributed by atoms with Crippen molar-refractivity contribution in [1.82, 2.24) is 19.6 Å². The summed E-state index contributed by atoms with van der Waals surface area (Å²) >= 11 is 0. The molecule has 1 aromatic heterocycles. The summed E-state index contributed by atoms with van der Waals surface area (Å²) < 4.78 is 1.68. The highest BCUT2D eigenvalue weighted by Crippen LogP contribution is 2.25. The number of nitrogens with one attached hydrogen (secondary N) is 1. The topological polar surface area (TPSA) is 70.5 Å². The molecule has 2 amide bonds. The predicted molar refractivity (Wildman–Crippen MR) is 127 cm³/mol. The molecule has 1 saturated heterocycles. The van der Waals surface area contributed by atoms with Crippen LogP contribution in [0.5, 0.6) is 0 Å². The van der Waals surface area contributed by atoms with E-state index in [0.717, 1.165) is 51.1 Å². The fourth-order valence-electron chi connectivity index (χ4n) is 4.93. The Morgan fingerprint density at radius 2 is 1.70 bits per heavy atom. The highest BCUT2D eigenvalue weighted by Gasteiger charge is 2.29. The predicted octanol–water partition coefficient (Wildman–Crippen LogP) is 3.49. The van der Waals surface area contributed by atoms with E-state index in [-0.39, 0.29) is 11.8 Å². The van der Waals surface area contributed by atoms with Crippen molar-refractivity contribution in [3.8, 4) is 5.69 Å². The third kappa shape index (κ3) is 4.68. The van der Waals surface area contributed by atoms with Crippen molar-refractivity contribution in [3.05, 3.63) is 77.6 Å². The van der Waals surface area contributed by atoms with Gasteiger partial charge in [0.1, 0.15) is 0 Å². The van der Waals surface area contributed by atoms with Gasteiger partial charge in [-0.25, -0.2) is 4.68 Å². The van der Waals surface area contributed by atoms with Crippen molar-refractivity contribution in [2.24, 2.45) is 0 Å². The number of hydrogen-bond acceptors (Lipinski definition) is 4. The minimum atomic E-state index is -0.135. The molecule has 2 aromatic carbocycles. The van der Waals surface area contributed by atoms with Gasteiger partial charge < -0.3 is 10.2 Å². The van der Waals surface area contributed by atoms with E-state index >= 15 is 0 Å². The van der Waals surface area contributed by atoms with E-state index in [1.165, 1.54) is 18.1 Å². The van der Waals surface area contributed by atoms with Gasteiger partial charge in [-0.15, -0.1) is 0 Å². The van der Waals surface area contributed by atoms with E-state index < -0.39 is 0 Å². The van der Waals surface area contributed by atoms with Crippen LogP contribution in [0.4, 0.5) is 5.69 Å². The number of nitrogens with zero attached hydrogens (tertiary/aromatic N) is 4. The summed E-state index contributed by atoms with van der Waals surface area (Å²) in [5.41, 5.74) is 5.10. The maximum Gasteiger partial charge on any atom is 0.253 e. The molecular formula is C26H29N5O2. The molecule has 0 bridgehead atoms. The van der Waals surface area contributed by atoms with Gasteiger partial charge in [-0.2, -0.15) is 5.10 Å². The molecule has 0 aliphatic carbocycles. The maximum absolute atomic E-state index is 13.1. The molecule has 0 spiro atoms. The number of fused-ring (bicyclic) bond motifs is 1. The molecule has 1 fully saturated rings. The lowest BCUT2D eigenvalue weighted by Crippen LogP contribution is -2.48. The third-order valence-corrected chi connectivity index (χ3v) is 6.71. The minimum absolute atomic E-state index is 0.0865. The quantitative estimate of drug-likeness (QED) is 0.670. The summed E-state index contributed by atoms with van der Waals surface area (Å²) in [4.78, 5) is 28.8. The molecule has 0 radical (unpaired) electrons. The Bertz CT molecular complexity index is 1150. The van der Waals surface area contributed by atoms with Crippen molar-refractivity contribution in [3.63, 3.8) is 0 Å². The van der Waals surface area contributed by atoms with Crippen molar-refractivity contribution in [2.75, 3.05) is 25.0 Å². The molecule has 3 aromatic rings. The molecule has 2 aliphatic heterocycles. The number of amides is 2. The minimum Gasteiger partial charge on any atom is -0.339 e. The van der Waals surface area contributed by atoms with Crippen LogP contribution in [-0.4, -0.2) is 57.1 Å². The summed E-state index contributed by atoms with van der Waals surface area (Å²) in [5.74, 6) is -0.0484. The van der Waals surface area contributed by atoms with Crippen molar-refractivity contribution >= 4 is 17.5 Å². The zero-order valence-corrected chi connectivity index (χ0v) is 18.9. The van der Waals surface area contributed by atoms with Gasteiger partial charge in [0.05, 0.1) is 23.8 Å². The fourth-order valence-corrected chi connectivity index (χ4v) is 4.93. The fraction of sp³-hybridized carbons (Fsp3) is 0.346. The monoisotopic (exact) mass is 443 g/mol. The standard InChI is InChI=1S/C26H29N5O2/c1-19(32)28-23-16-27-31(18-23)25-8-6-21(7-9-25)26(33)29-14-11-24(12-15-29)30-13-10-20-4-2-3-5-22(20)17-30/h2-9,16,18,24H,10-15,17H2,1H3,(H,28,32). The van der Waals surface area contributed by atoms with Gasteiger partial charge in [0.25, 0.3) is 5.91 Å². The largest absolute Gasteiger partial charge is 0.339 e. The van der Waals surface area contributed by atoms with E-state index in [0.29, 0.717) is 17.3 Å². The molecule has 0 saturated carbocycles. The summed E-state index contributed by atoms with van der Waals surface area (Å²) in [6.45, 7) is 5.18. The van der Waals surface area contributed by atoms with Gasteiger partial charge in [0.15, 0.2) is 0 Å². The molecule has 5 rings (SSSR count). The van der Waals surface area contributed by atoms with Crippen molar-refractivity contribution in [1.29, 1.82) is 0 Å². The van der Waals surface area contributed by atoms with Crippen LogP contribution in [-0.2, 0) is 17.8 Å². The number of benzene rings is 2. The molecule has 0 unspecified atom stereocenters. The van der Waals surface area contributed by atoms with E-state index in [9.17, 15) is 9.59 Å². The summed E-state index contributed by atoms with van der Waals surface area (Å²) in [7, 11) is 0. The van der Waals surface area contributed by atoms with Crippen LogP contribution >= 0.6 is 0 Å². The van der Waals surface area contributed by atoms with Gasteiger partial charge in [-0.3, -0.25) is 14.5 Å². The van der Waals surface area contributed by atoms with Gasteiger partial charge in [0.2, 0.25) is 5.91 Å². The zero-order valence-electron chi connectivity index (χ0n) is 18.9. The molecule has 2 aliphatic rings. The van der Waals surface area contributed by atoms with E-state index in [1.807, 2.05) is 29.2 Å². The third-order valence-electron chi connectivity index (χ3n) is 6.71. The summed E-state index contributed by atoms with van der Waals surface area (Å²) in [6, 6.07) is 16.8. The smallest absolute Gasteiger partial charge is 0.253 e. The molecule has 33 heavy (non-hydrogen) atoms. The number of carbonyl (C=O) groups is 2. The second-order valence-electron chi connectivity index (χ2n) is 8.91. The van der Waals surface area contributed by atoms with Crippen molar-refractivity contribution in [2.45, 2.75) is 38.8 Å². The molecular weight excluding hydrogens is 414 g/mol. The summed E-state index contributed by atoms with van der Waals surface area (Å²) in [5, 5.41) is 6.99. The van der Waals surface area contributed by atoms with Gasteiger partial charge in [-0.1, -0.05) is 24.3 Å². The second kappa shape index (κ2) is 9.19. The second-order valence-corrected chi connectivity index (χ2v) is 8.91. The molecule has 170 valence electrons. The number of likely N-dealkylation sites (tertiary alicyclic amines) is 1. The number of hydrogen-bond donors (Lipinski definition) is 1. The summed E-state index contributed by atoms with van der Waals surface area (Å²) in [6.07, 6.45) is 6.51. The van der Waals surface area contributed by atoms with Gasteiger partial charge in [0, 0.05) is 44.7 Å². The Balaban J connectivity index is 1.17. The first-order valence-electron chi connectivity index (χ1n) is 11.6. The lowest BCUT2D eigenvalue weighted by atomic mass is 9.95. The zero-order chi connectivity index (χ0) is 22.8. The number of anilines is 1. The molecule has 1 N–H and O–H groups in total. The van der Waals surface area contributed by atoms with Crippen LogP contribution < -0.4 is 5.32 Å². The lowest BCUT2D eigenvalue weighted by Gasteiger charge is -2.40. The van der Waals surface area contributed by atoms with E-state index in [1.54, 1.807) is 17.1 Å². The van der Waals surface area contributed by atoms with Gasteiger partial charge in [-0.05, 0) is 54.7 Å². The van der Waals surface area contributed by atoms with E-state index in [4.69, 9.17) is 0 Å². The normalized spacial score (nSPS) is 16.9. The van der Waals surface area contributed by atoms with Crippen LogP contribution in [0.2, 0.25) is 0 Å². The number of aromatic nitrogens is 2. The molecule has 3 heterocycles. The average molecular weight is 444 g/mol. The first-order valence-corrected chi connectivity index (χ1v) is 11.6. The van der Waals surface area contributed by atoms with Crippen LogP contribution in [0.3, 0.4) is 0 Å². The Morgan fingerprint density at radius 1 is 0.970 bits per heavy atom. The SMILES string of the molecule is CC(=O)Nc1cnn(-c2ccc(C(=O)N3CCC(N4CCc5ccccc5C4)CC3)cc2)c1. The highest BCUT2D eigenvalue weighted by atomic mass is 16.2. The van der Waals surface area contributed by atoms with Crippen LogP contribution in [0, 0.1) is 0 Å². The number of carbonyl (C=O) groups excluding carboxylic acids is 2. The van der Waals surface area contributed by atoms with Gasteiger partial charge >= 0.3 is 0 Å². The Morgan fingerprint density at radius 3 is 2.42 bits per heavy atom. The van der Waals surface area contributed by atoms with Crippen molar-refractivity contribution < 1.29 is 9.59 Å². The number of rotatable bonds is 4. The van der Waals surface area contributed by atoms with Crippen LogP contribution in [0.1, 0.15) is 41.3 Å². The molecule has 7 nitrogen and oxygen atoms in total. The Kier molecular flexibility index (Phi) is 5.96. The number of piperidine rings is 1. The lowest BCUT2D eigenvalue weighted by molar-refractivity contribution is -0.114. The Hall–Kier alpha value is -3.45. The maximum atomic E-state index is 13.1. The van der Waals surface area contributed by atoms with E-state index in [2.05, 4.69) is 39.6 Å². The first-order chi connectivity index (χ1) is 16.1. The van der Waals surface area contributed by atoms with Crippen LogP contribution in [0.15, 0.2) is 60.9 Å². The Labute approximate surface area is 194 Å². The molecule has 0 atom stereocenters. The first kappa shape index (κ1) is 21.4. The van der Waals surface area contributed by atoms with Crippen LogP contribution in [0.25, 0.3) is 5.69 Å².